The molecule has 0 saturated carbocycles. The van der Waals surface area contributed by atoms with Crippen molar-refractivity contribution in [3.63, 3.8) is 0 Å². The van der Waals surface area contributed by atoms with Gasteiger partial charge in [0.15, 0.2) is 0 Å². The predicted octanol–water partition coefficient (Wildman–Crippen LogP) is 1.52. The number of ether oxygens (including phenoxy) is 1. The van der Waals surface area contributed by atoms with E-state index in [1.54, 1.807) is 24.3 Å². The van der Waals surface area contributed by atoms with Crippen LogP contribution in [-0.2, 0) is 0 Å². The van der Waals surface area contributed by atoms with Crippen LogP contribution in [0.15, 0.2) is 24.3 Å². The highest BCUT2D eigenvalue weighted by Gasteiger charge is 2.14. The summed E-state index contributed by atoms with van der Waals surface area (Å²) < 4.78 is 5.55. The number of rotatable bonds is 4. The first-order chi connectivity index (χ1) is 7.75. The zero-order valence-electron chi connectivity index (χ0n) is 8.98. The van der Waals surface area contributed by atoms with Crippen molar-refractivity contribution in [2.45, 2.75) is 18.9 Å². The normalized spacial score (nSPS) is 19.6. The minimum absolute atomic E-state index is 0.261. The lowest BCUT2D eigenvalue weighted by Crippen LogP contribution is -2.28. The molecular formula is C12H15NO3. The Labute approximate surface area is 94.2 Å². The van der Waals surface area contributed by atoms with Crippen LogP contribution in [0.5, 0.6) is 5.75 Å². The van der Waals surface area contributed by atoms with Crippen molar-refractivity contribution < 1.29 is 14.6 Å². The number of hydrogen-bond donors (Lipinski definition) is 2. The van der Waals surface area contributed by atoms with Crippen LogP contribution < -0.4 is 10.1 Å². The van der Waals surface area contributed by atoms with E-state index in [-0.39, 0.29) is 5.56 Å². The highest BCUT2D eigenvalue weighted by molar-refractivity contribution is 5.87. The van der Waals surface area contributed by atoms with Gasteiger partial charge in [0.2, 0.25) is 0 Å². The van der Waals surface area contributed by atoms with Gasteiger partial charge < -0.3 is 15.2 Å². The second-order valence-corrected chi connectivity index (χ2v) is 3.94. The average Bonchev–Trinajstić information content (AvgIpc) is 2.79. The Bertz CT molecular complexity index is 372. The van der Waals surface area contributed by atoms with Gasteiger partial charge in [-0.2, -0.15) is 0 Å². The van der Waals surface area contributed by atoms with Crippen molar-refractivity contribution in [3.8, 4) is 5.75 Å². The lowest BCUT2D eigenvalue weighted by molar-refractivity contribution is 0.0696. The first kappa shape index (κ1) is 11.0. The molecule has 0 radical (unpaired) electrons. The van der Waals surface area contributed by atoms with Crippen LogP contribution in [0, 0.1) is 0 Å². The van der Waals surface area contributed by atoms with Crippen molar-refractivity contribution in [1.29, 1.82) is 0 Å². The molecule has 0 aromatic heterocycles. The number of nitrogens with one attached hydrogen (secondary N) is 1. The first-order valence-corrected chi connectivity index (χ1v) is 5.45. The number of hydrogen-bond acceptors (Lipinski definition) is 3. The minimum atomic E-state index is -0.926. The highest BCUT2D eigenvalue weighted by Crippen LogP contribution is 2.15. The summed E-state index contributed by atoms with van der Waals surface area (Å²) in [6.07, 6.45) is 2.31. The van der Waals surface area contributed by atoms with E-state index in [1.165, 1.54) is 6.42 Å². The lowest BCUT2D eigenvalue weighted by Gasteiger charge is -2.12. The zero-order valence-corrected chi connectivity index (χ0v) is 8.98. The van der Waals surface area contributed by atoms with Gasteiger partial charge in [0, 0.05) is 6.04 Å². The molecule has 16 heavy (non-hydrogen) atoms. The van der Waals surface area contributed by atoms with Crippen molar-refractivity contribution >= 4 is 5.97 Å². The average molecular weight is 221 g/mol. The van der Waals surface area contributed by atoms with E-state index in [2.05, 4.69) is 5.32 Å². The maximum absolute atomic E-state index is 10.7. The second kappa shape index (κ2) is 4.99. The van der Waals surface area contributed by atoms with Crippen LogP contribution in [-0.4, -0.2) is 30.3 Å². The molecule has 4 heteroatoms. The Morgan fingerprint density at radius 2 is 2.44 bits per heavy atom. The molecule has 1 aliphatic heterocycles. The zero-order chi connectivity index (χ0) is 11.4. The number of carboxylic acids is 1. The molecule has 4 nitrogen and oxygen atoms in total. The van der Waals surface area contributed by atoms with Crippen LogP contribution in [0.3, 0.4) is 0 Å². The third kappa shape index (κ3) is 2.73. The quantitative estimate of drug-likeness (QED) is 0.809. The molecule has 0 spiro atoms. The largest absolute Gasteiger partial charge is 0.492 e. The minimum Gasteiger partial charge on any atom is -0.492 e. The molecule has 1 aromatic carbocycles. The maximum Gasteiger partial charge on any atom is 0.335 e. The van der Waals surface area contributed by atoms with Crippen molar-refractivity contribution in [1.82, 2.24) is 5.32 Å². The summed E-state index contributed by atoms with van der Waals surface area (Å²) in [7, 11) is 0. The summed E-state index contributed by atoms with van der Waals surface area (Å²) in [6.45, 7) is 1.65. The Kier molecular flexibility index (Phi) is 3.41. The van der Waals surface area contributed by atoms with E-state index in [1.807, 2.05) is 0 Å². The van der Waals surface area contributed by atoms with Crippen LogP contribution in [0.1, 0.15) is 23.2 Å². The van der Waals surface area contributed by atoms with E-state index in [4.69, 9.17) is 9.84 Å². The molecule has 86 valence electrons. The third-order valence-corrected chi connectivity index (χ3v) is 2.69. The molecule has 1 fully saturated rings. The summed E-state index contributed by atoms with van der Waals surface area (Å²) in [4.78, 5) is 10.7. The Morgan fingerprint density at radius 1 is 1.56 bits per heavy atom. The number of aromatic carboxylic acids is 1. The third-order valence-electron chi connectivity index (χ3n) is 2.69. The van der Waals surface area contributed by atoms with Crippen LogP contribution in [0.25, 0.3) is 0 Å². The van der Waals surface area contributed by atoms with Gasteiger partial charge in [0.1, 0.15) is 12.4 Å². The standard InChI is InChI=1S/C12H15NO3/c14-12(15)9-3-1-5-11(7-9)16-8-10-4-2-6-13-10/h1,3,5,7,10,13H,2,4,6,8H2,(H,14,15)/t10-/m0/s1. The molecular weight excluding hydrogens is 206 g/mol. The van der Waals surface area contributed by atoms with Crippen molar-refractivity contribution in [3.05, 3.63) is 29.8 Å². The summed E-state index contributed by atoms with van der Waals surface area (Å²) in [5, 5.41) is 12.1. The molecule has 0 amide bonds. The molecule has 2 N–H and O–H groups in total. The second-order valence-electron chi connectivity index (χ2n) is 3.94. The molecule has 0 bridgehead atoms. The summed E-state index contributed by atoms with van der Waals surface area (Å²) in [5.74, 6) is -0.307. The van der Waals surface area contributed by atoms with Gasteiger partial charge in [0.25, 0.3) is 0 Å². The van der Waals surface area contributed by atoms with E-state index in [0.29, 0.717) is 18.4 Å². The summed E-state index contributed by atoms with van der Waals surface area (Å²) in [5.41, 5.74) is 0.261. The Balaban J connectivity index is 1.93. The smallest absolute Gasteiger partial charge is 0.335 e. The SMILES string of the molecule is O=C(O)c1cccc(OC[C@@H]2CCCN2)c1. The molecule has 1 aliphatic rings. The molecule has 0 aliphatic carbocycles. The van der Waals surface area contributed by atoms with Crippen molar-refractivity contribution in [2.75, 3.05) is 13.2 Å². The van der Waals surface area contributed by atoms with Gasteiger partial charge in [-0.25, -0.2) is 4.79 Å². The van der Waals surface area contributed by atoms with Gasteiger partial charge in [-0.05, 0) is 37.6 Å². The molecule has 1 saturated heterocycles. The fraction of sp³-hybridized carbons (Fsp3) is 0.417. The fourth-order valence-electron chi connectivity index (χ4n) is 1.81. The fourth-order valence-corrected chi connectivity index (χ4v) is 1.81. The molecule has 1 aromatic rings. The number of carboxylic acid groups (broad SMARTS) is 1. The monoisotopic (exact) mass is 221 g/mol. The van der Waals surface area contributed by atoms with Crippen LogP contribution >= 0.6 is 0 Å². The number of benzene rings is 1. The van der Waals surface area contributed by atoms with Crippen LogP contribution in [0.4, 0.5) is 0 Å². The van der Waals surface area contributed by atoms with Crippen molar-refractivity contribution in [2.24, 2.45) is 0 Å². The van der Waals surface area contributed by atoms with Crippen LogP contribution in [0.2, 0.25) is 0 Å². The highest BCUT2D eigenvalue weighted by atomic mass is 16.5. The van der Waals surface area contributed by atoms with Gasteiger partial charge in [-0.15, -0.1) is 0 Å². The van der Waals surface area contributed by atoms with Gasteiger partial charge in [0.05, 0.1) is 5.56 Å². The Morgan fingerprint density at radius 3 is 3.12 bits per heavy atom. The van der Waals surface area contributed by atoms with Gasteiger partial charge >= 0.3 is 5.97 Å². The maximum atomic E-state index is 10.7. The lowest BCUT2D eigenvalue weighted by atomic mass is 10.2. The topological polar surface area (TPSA) is 58.6 Å². The summed E-state index contributed by atoms with van der Waals surface area (Å²) in [6, 6.07) is 6.98. The van der Waals surface area contributed by atoms with E-state index < -0.39 is 5.97 Å². The van der Waals surface area contributed by atoms with Gasteiger partial charge in [-0.3, -0.25) is 0 Å². The molecule has 2 rings (SSSR count). The number of carbonyl (C=O) groups is 1. The molecule has 1 heterocycles. The van der Waals surface area contributed by atoms with E-state index in [0.717, 1.165) is 13.0 Å². The first-order valence-electron chi connectivity index (χ1n) is 5.45. The van der Waals surface area contributed by atoms with E-state index >= 15 is 0 Å². The molecule has 0 unspecified atom stereocenters. The van der Waals surface area contributed by atoms with Gasteiger partial charge in [-0.1, -0.05) is 6.07 Å². The summed E-state index contributed by atoms with van der Waals surface area (Å²) >= 11 is 0. The van der Waals surface area contributed by atoms with E-state index in [9.17, 15) is 4.79 Å². The predicted molar refractivity (Wildman–Crippen MR) is 59.9 cm³/mol. The molecule has 1 atom stereocenters. The Hall–Kier alpha value is -1.55.